The predicted molar refractivity (Wildman–Crippen MR) is 95.0 cm³/mol. The van der Waals surface area contributed by atoms with Crippen molar-refractivity contribution in [3.05, 3.63) is 59.7 Å². The van der Waals surface area contributed by atoms with Gasteiger partial charge in [-0.25, -0.2) is 0 Å². The van der Waals surface area contributed by atoms with Crippen molar-refractivity contribution in [2.45, 2.75) is 12.1 Å². The fourth-order valence-corrected chi connectivity index (χ4v) is 2.65. The van der Waals surface area contributed by atoms with E-state index in [9.17, 15) is 4.79 Å². The van der Waals surface area contributed by atoms with Crippen LogP contribution in [0.3, 0.4) is 0 Å². The average molecular weight is 350 g/mol. The zero-order valence-electron chi connectivity index (χ0n) is 13.4. The number of aromatic nitrogens is 2. The van der Waals surface area contributed by atoms with E-state index in [0.29, 0.717) is 22.4 Å². The first kappa shape index (κ1) is 16.7. The van der Waals surface area contributed by atoms with Gasteiger partial charge in [0.15, 0.2) is 0 Å². The summed E-state index contributed by atoms with van der Waals surface area (Å²) in [4.78, 5) is 12.0. The number of hydrogen-bond acceptors (Lipinski definition) is 6. The number of para-hydroxylation sites is 1. The second-order valence-corrected chi connectivity index (χ2v) is 6.16. The first-order valence-electron chi connectivity index (χ1n) is 7.48. The summed E-state index contributed by atoms with van der Waals surface area (Å²) < 4.78 is 5.56. The van der Waals surface area contributed by atoms with Crippen LogP contribution in [0.15, 0.2) is 58.2 Å². The number of carbonyl (C=O) groups is 1. The Morgan fingerprint density at radius 1 is 1.20 bits per heavy atom. The minimum absolute atomic E-state index is 0.106. The number of rotatable bonds is 5. The van der Waals surface area contributed by atoms with Crippen LogP contribution in [0.2, 0.25) is 0 Å². The summed E-state index contributed by atoms with van der Waals surface area (Å²) in [6, 6.07) is 16.6. The third-order valence-corrected chi connectivity index (χ3v) is 4.17. The Morgan fingerprint density at radius 3 is 2.72 bits per heavy atom. The van der Waals surface area contributed by atoms with E-state index in [4.69, 9.17) is 9.68 Å². The van der Waals surface area contributed by atoms with E-state index in [2.05, 4.69) is 15.5 Å². The number of aryl methyl sites for hydroxylation is 1. The first-order chi connectivity index (χ1) is 12.2. The minimum atomic E-state index is -0.247. The molecule has 0 unspecified atom stereocenters. The molecule has 1 N–H and O–H groups in total. The second kappa shape index (κ2) is 7.64. The monoisotopic (exact) mass is 350 g/mol. The fraction of sp³-hybridized carbons (Fsp3) is 0.111. The van der Waals surface area contributed by atoms with Gasteiger partial charge in [0.25, 0.3) is 5.22 Å². The molecule has 0 saturated carbocycles. The number of anilines is 1. The first-order valence-corrected chi connectivity index (χ1v) is 8.46. The summed E-state index contributed by atoms with van der Waals surface area (Å²) in [5.41, 5.74) is 2.88. The summed E-state index contributed by atoms with van der Waals surface area (Å²) in [6.07, 6.45) is 0. The van der Waals surface area contributed by atoms with Gasteiger partial charge in [-0.2, -0.15) is 5.26 Å². The molecule has 1 heterocycles. The lowest BCUT2D eigenvalue weighted by Crippen LogP contribution is -2.14. The number of thioether (sulfide) groups is 1. The van der Waals surface area contributed by atoms with Gasteiger partial charge in [0.05, 0.1) is 17.0 Å². The number of benzene rings is 2. The van der Waals surface area contributed by atoms with E-state index in [1.807, 2.05) is 37.3 Å². The maximum atomic E-state index is 12.0. The van der Waals surface area contributed by atoms with Crippen molar-refractivity contribution in [1.29, 1.82) is 5.26 Å². The molecule has 0 aliphatic rings. The Labute approximate surface area is 148 Å². The van der Waals surface area contributed by atoms with Crippen molar-refractivity contribution in [2.75, 3.05) is 11.1 Å². The molecule has 0 saturated heterocycles. The Hall–Kier alpha value is -3.11. The molecular weight excluding hydrogens is 336 g/mol. The molecule has 0 fully saturated rings. The lowest BCUT2D eigenvalue weighted by Gasteiger charge is -2.05. The van der Waals surface area contributed by atoms with Gasteiger partial charge in [0.2, 0.25) is 11.8 Å². The lowest BCUT2D eigenvalue weighted by molar-refractivity contribution is -0.113. The fourth-order valence-electron chi connectivity index (χ4n) is 2.08. The molecular formula is C18H14N4O2S. The van der Waals surface area contributed by atoms with Crippen molar-refractivity contribution >= 4 is 23.4 Å². The molecule has 0 radical (unpaired) electrons. The number of hydrogen-bond donors (Lipinski definition) is 1. The van der Waals surface area contributed by atoms with E-state index in [1.165, 1.54) is 0 Å². The predicted octanol–water partition coefficient (Wildman–Crippen LogP) is 3.65. The molecule has 0 atom stereocenters. The Morgan fingerprint density at radius 2 is 1.96 bits per heavy atom. The Bertz CT molecular complexity index is 929. The van der Waals surface area contributed by atoms with Gasteiger partial charge < -0.3 is 9.73 Å². The normalized spacial score (nSPS) is 10.2. The third kappa shape index (κ3) is 4.25. The van der Waals surface area contributed by atoms with Gasteiger partial charge in [-0.05, 0) is 31.2 Å². The molecule has 3 aromatic rings. The Balaban J connectivity index is 1.59. The summed E-state index contributed by atoms with van der Waals surface area (Å²) in [5, 5.41) is 20.0. The second-order valence-electron chi connectivity index (χ2n) is 5.23. The maximum absolute atomic E-state index is 12.0. The van der Waals surface area contributed by atoms with Gasteiger partial charge in [0.1, 0.15) is 6.07 Å². The zero-order chi connectivity index (χ0) is 17.6. The molecule has 0 spiro atoms. The lowest BCUT2D eigenvalue weighted by atomic mass is 10.1. The van der Waals surface area contributed by atoms with Crippen LogP contribution in [0.1, 0.15) is 11.1 Å². The molecule has 124 valence electrons. The molecule has 25 heavy (non-hydrogen) atoms. The molecule has 3 rings (SSSR count). The van der Waals surface area contributed by atoms with Crippen molar-refractivity contribution < 1.29 is 9.21 Å². The standard InChI is InChI=1S/C18H14N4O2S/c1-12-6-8-13(9-7-12)17-21-22-18(24-17)25-11-16(23)20-15-5-3-2-4-14(15)10-19/h2-9H,11H2,1H3,(H,20,23). The average Bonchev–Trinajstić information content (AvgIpc) is 3.10. The molecule has 1 amide bonds. The summed E-state index contributed by atoms with van der Waals surface area (Å²) in [7, 11) is 0. The van der Waals surface area contributed by atoms with Crippen LogP contribution in [0.4, 0.5) is 5.69 Å². The topological polar surface area (TPSA) is 91.8 Å². The van der Waals surface area contributed by atoms with Gasteiger partial charge >= 0.3 is 0 Å². The summed E-state index contributed by atoms with van der Waals surface area (Å²) in [5.74, 6) is 0.274. The van der Waals surface area contributed by atoms with Crippen LogP contribution in [0.25, 0.3) is 11.5 Å². The van der Waals surface area contributed by atoms with Crippen molar-refractivity contribution in [2.24, 2.45) is 0 Å². The largest absolute Gasteiger partial charge is 0.411 e. The molecule has 6 nitrogen and oxygen atoms in total. The SMILES string of the molecule is Cc1ccc(-c2nnc(SCC(=O)Nc3ccccc3C#N)o2)cc1. The van der Waals surface area contributed by atoms with Gasteiger partial charge in [-0.3, -0.25) is 4.79 Å². The van der Waals surface area contributed by atoms with Crippen LogP contribution in [0, 0.1) is 18.3 Å². The molecule has 0 aliphatic carbocycles. The highest BCUT2D eigenvalue weighted by Crippen LogP contribution is 2.23. The zero-order valence-corrected chi connectivity index (χ0v) is 14.2. The number of carbonyl (C=O) groups excluding carboxylic acids is 1. The van der Waals surface area contributed by atoms with E-state index in [-0.39, 0.29) is 11.7 Å². The third-order valence-electron chi connectivity index (χ3n) is 3.35. The number of amides is 1. The van der Waals surface area contributed by atoms with Gasteiger partial charge in [-0.1, -0.05) is 41.6 Å². The highest BCUT2D eigenvalue weighted by molar-refractivity contribution is 7.99. The van der Waals surface area contributed by atoms with Gasteiger partial charge in [0, 0.05) is 5.56 Å². The van der Waals surface area contributed by atoms with E-state index < -0.39 is 0 Å². The maximum Gasteiger partial charge on any atom is 0.277 e. The van der Waals surface area contributed by atoms with Crippen LogP contribution >= 0.6 is 11.8 Å². The summed E-state index contributed by atoms with van der Waals surface area (Å²) >= 11 is 1.14. The highest BCUT2D eigenvalue weighted by atomic mass is 32.2. The summed E-state index contributed by atoms with van der Waals surface area (Å²) in [6.45, 7) is 2.00. The van der Waals surface area contributed by atoms with Gasteiger partial charge in [-0.15, -0.1) is 10.2 Å². The molecule has 7 heteroatoms. The van der Waals surface area contributed by atoms with E-state index >= 15 is 0 Å². The van der Waals surface area contributed by atoms with Crippen LogP contribution in [-0.2, 0) is 4.79 Å². The van der Waals surface area contributed by atoms with Crippen molar-refractivity contribution in [3.8, 4) is 17.5 Å². The van der Waals surface area contributed by atoms with Crippen LogP contribution in [-0.4, -0.2) is 21.9 Å². The van der Waals surface area contributed by atoms with Crippen LogP contribution < -0.4 is 5.32 Å². The minimum Gasteiger partial charge on any atom is -0.411 e. The van der Waals surface area contributed by atoms with Crippen molar-refractivity contribution in [3.63, 3.8) is 0 Å². The highest BCUT2D eigenvalue weighted by Gasteiger charge is 2.12. The Kier molecular flexibility index (Phi) is 5.11. The molecule has 1 aromatic heterocycles. The number of nitrogens with zero attached hydrogens (tertiary/aromatic N) is 3. The van der Waals surface area contributed by atoms with Crippen LogP contribution in [0.5, 0.6) is 0 Å². The molecule has 2 aromatic carbocycles. The molecule has 0 aliphatic heterocycles. The van der Waals surface area contributed by atoms with E-state index in [1.54, 1.807) is 24.3 Å². The molecule has 0 bridgehead atoms. The quantitative estimate of drug-likeness (QED) is 0.706. The smallest absolute Gasteiger partial charge is 0.277 e. The number of nitriles is 1. The number of nitrogens with one attached hydrogen (secondary N) is 1. The van der Waals surface area contributed by atoms with Crippen molar-refractivity contribution in [1.82, 2.24) is 10.2 Å². The van der Waals surface area contributed by atoms with E-state index in [0.717, 1.165) is 22.9 Å².